The first-order chi connectivity index (χ1) is 17.0. The number of urea groups is 1. The van der Waals surface area contributed by atoms with Crippen molar-refractivity contribution in [1.82, 2.24) is 14.9 Å². The van der Waals surface area contributed by atoms with Gasteiger partial charge in [0.05, 0.1) is 41.5 Å². The lowest BCUT2D eigenvalue weighted by Gasteiger charge is -2.12. The van der Waals surface area contributed by atoms with Crippen LogP contribution in [0.2, 0.25) is 0 Å². The molecule has 0 unspecified atom stereocenters. The molecule has 2 aromatic carbocycles. The molecule has 0 saturated carbocycles. The molecule has 4 rings (SSSR count). The zero-order valence-corrected chi connectivity index (χ0v) is 19.1. The van der Waals surface area contributed by atoms with Crippen LogP contribution in [-0.2, 0) is 4.74 Å². The molecule has 35 heavy (non-hydrogen) atoms. The van der Waals surface area contributed by atoms with Gasteiger partial charge in [-0.2, -0.15) is 10.4 Å². The number of rotatable bonds is 8. The van der Waals surface area contributed by atoms with Gasteiger partial charge in [-0.3, -0.25) is 0 Å². The molecule has 0 atom stereocenters. The monoisotopic (exact) mass is 474 g/mol. The largest absolute Gasteiger partial charge is 0.457 e. The summed E-state index contributed by atoms with van der Waals surface area (Å²) in [5.41, 5.74) is 3.54. The Hall–Kier alpha value is -4.62. The van der Waals surface area contributed by atoms with Crippen molar-refractivity contribution in [2.45, 2.75) is 6.92 Å². The van der Waals surface area contributed by atoms with Gasteiger partial charge in [-0.15, -0.1) is 0 Å². The summed E-state index contributed by atoms with van der Waals surface area (Å²) in [7, 11) is 1.56. The predicted octanol–water partition coefficient (Wildman–Crippen LogP) is 4.96. The molecular formula is C25H23FN6O3. The summed E-state index contributed by atoms with van der Waals surface area (Å²) < 4.78 is 25.6. The van der Waals surface area contributed by atoms with Crippen molar-refractivity contribution in [2.75, 3.05) is 30.9 Å². The maximum atomic E-state index is 13.4. The molecule has 3 N–H and O–H groups in total. The van der Waals surface area contributed by atoms with Crippen LogP contribution in [0, 0.1) is 24.1 Å². The number of aromatic nitrogens is 2. The quantitative estimate of drug-likeness (QED) is 0.311. The summed E-state index contributed by atoms with van der Waals surface area (Å²) in [6.07, 6.45) is 3.14. The number of nitriles is 1. The molecule has 0 fully saturated rings. The van der Waals surface area contributed by atoms with E-state index in [1.807, 2.05) is 6.92 Å². The fraction of sp³-hybridized carbons (Fsp3) is 0.160. The third kappa shape index (κ3) is 5.48. The van der Waals surface area contributed by atoms with E-state index >= 15 is 0 Å². The van der Waals surface area contributed by atoms with Crippen molar-refractivity contribution in [3.05, 3.63) is 77.9 Å². The van der Waals surface area contributed by atoms with Crippen LogP contribution in [0.5, 0.6) is 11.5 Å². The number of benzene rings is 2. The second-order valence-corrected chi connectivity index (χ2v) is 7.59. The highest BCUT2D eigenvalue weighted by Crippen LogP contribution is 2.33. The van der Waals surface area contributed by atoms with Gasteiger partial charge in [0.25, 0.3) is 0 Å². The number of hydrogen-bond acceptors (Lipinski definition) is 6. The fourth-order valence-corrected chi connectivity index (χ4v) is 3.48. The van der Waals surface area contributed by atoms with Gasteiger partial charge in [-0.25, -0.2) is 13.7 Å². The smallest absolute Gasteiger partial charge is 0.319 e. The minimum atomic E-state index is -0.379. The Morgan fingerprint density at radius 2 is 2.00 bits per heavy atom. The first kappa shape index (κ1) is 23.5. The predicted molar refractivity (Wildman–Crippen MR) is 130 cm³/mol. The molecule has 178 valence electrons. The van der Waals surface area contributed by atoms with Crippen LogP contribution >= 0.6 is 0 Å². The Balaban J connectivity index is 1.58. The zero-order valence-electron chi connectivity index (χ0n) is 19.1. The number of ether oxygens (including phenoxy) is 2. The van der Waals surface area contributed by atoms with Crippen molar-refractivity contribution in [3.63, 3.8) is 0 Å². The summed E-state index contributed by atoms with van der Waals surface area (Å²) >= 11 is 0. The highest BCUT2D eigenvalue weighted by molar-refractivity contribution is 5.94. The van der Waals surface area contributed by atoms with Gasteiger partial charge in [0.1, 0.15) is 23.4 Å². The van der Waals surface area contributed by atoms with E-state index < -0.39 is 0 Å². The van der Waals surface area contributed by atoms with Gasteiger partial charge in [0, 0.05) is 31.0 Å². The topological polar surface area (TPSA) is 113 Å². The molecule has 0 spiro atoms. The number of hydrogen-bond donors (Lipinski definition) is 3. The Morgan fingerprint density at radius 3 is 2.71 bits per heavy atom. The molecule has 10 heteroatoms. The first-order valence-electron chi connectivity index (χ1n) is 10.7. The number of anilines is 3. The van der Waals surface area contributed by atoms with Gasteiger partial charge in [-0.05, 0) is 43.3 Å². The molecular weight excluding hydrogens is 451 g/mol. The van der Waals surface area contributed by atoms with E-state index in [0.29, 0.717) is 52.8 Å². The number of carbonyl (C=O) groups is 1. The van der Waals surface area contributed by atoms with Gasteiger partial charge in [-0.1, -0.05) is 6.07 Å². The van der Waals surface area contributed by atoms with Gasteiger partial charge in [0.15, 0.2) is 0 Å². The number of fused-ring (bicyclic) bond motifs is 1. The van der Waals surface area contributed by atoms with Crippen LogP contribution in [0.1, 0.15) is 11.1 Å². The first-order valence-corrected chi connectivity index (χ1v) is 10.7. The van der Waals surface area contributed by atoms with E-state index in [0.717, 1.165) is 5.56 Å². The summed E-state index contributed by atoms with van der Waals surface area (Å²) in [6.45, 7) is 2.61. The van der Waals surface area contributed by atoms with E-state index in [1.54, 1.807) is 54.2 Å². The van der Waals surface area contributed by atoms with Crippen molar-refractivity contribution < 1.29 is 18.7 Å². The highest BCUT2D eigenvalue weighted by atomic mass is 19.1. The number of aryl methyl sites for hydroxylation is 1. The molecule has 2 heterocycles. The fourth-order valence-electron chi connectivity index (χ4n) is 3.48. The van der Waals surface area contributed by atoms with Crippen molar-refractivity contribution in [1.29, 1.82) is 5.26 Å². The molecule has 2 amide bonds. The number of carbonyl (C=O) groups excluding carboxylic acids is 1. The van der Waals surface area contributed by atoms with E-state index in [4.69, 9.17) is 9.47 Å². The second-order valence-electron chi connectivity index (χ2n) is 7.59. The molecule has 2 aromatic heterocycles. The minimum absolute atomic E-state index is 0.342. The second kappa shape index (κ2) is 10.5. The lowest BCUT2D eigenvalue weighted by atomic mass is 10.1. The molecule has 0 aliphatic carbocycles. The van der Waals surface area contributed by atoms with Crippen LogP contribution in [0.25, 0.3) is 5.52 Å². The van der Waals surface area contributed by atoms with Crippen molar-refractivity contribution in [2.24, 2.45) is 0 Å². The lowest BCUT2D eigenvalue weighted by Crippen LogP contribution is -2.31. The van der Waals surface area contributed by atoms with Crippen molar-refractivity contribution >= 4 is 28.6 Å². The third-order valence-electron chi connectivity index (χ3n) is 5.17. The number of halogens is 1. The van der Waals surface area contributed by atoms with Crippen LogP contribution < -0.4 is 20.7 Å². The summed E-state index contributed by atoms with van der Waals surface area (Å²) in [4.78, 5) is 12.2. The van der Waals surface area contributed by atoms with Crippen molar-refractivity contribution in [3.8, 4) is 17.6 Å². The SMILES string of the molecule is COCCNC(=O)Nc1cn2ncc(C#N)c(Nc3ccc(Oc4cccc(F)c4)cc3)c2c1C. The molecule has 0 radical (unpaired) electrons. The third-order valence-corrected chi connectivity index (χ3v) is 5.17. The zero-order chi connectivity index (χ0) is 24.8. The van der Waals surface area contributed by atoms with Crippen LogP contribution in [0.15, 0.2) is 60.9 Å². The van der Waals surface area contributed by atoms with Crippen LogP contribution in [-0.4, -0.2) is 35.9 Å². The standard InChI is InChI=1S/C25H23FN6O3/c1-16-22(31-25(33)28-10-11-34-2)15-32-24(16)23(17(13-27)14-29-32)30-19-6-8-20(9-7-19)35-21-5-3-4-18(26)12-21/h3-9,12,14-15,30H,10-11H2,1-2H3,(H2,28,31,33). The maximum Gasteiger partial charge on any atom is 0.319 e. The Morgan fingerprint density at radius 1 is 1.20 bits per heavy atom. The lowest BCUT2D eigenvalue weighted by molar-refractivity contribution is 0.198. The van der Waals surface area contributed by atoms with Crippen LogP contribution in [0.3, 0.4) is 0 Å². The normalized spacial score (nSPS) is 10.6. The molecule has 0 aliphatic heterocycles. The average Bonchev–Trinajstić information content (AvgIpc) is 3.16. The minimum Gasteiger partial charge on any atom is -0.457 e. The Kier molecular flexibility index (Phi) is 7.09. The Labute approximate surface area is 201 Å². The average molecular weight is 474 g/mol. The van der Waals surface area contributed by atoms with Crippen LogP contribution in [0.4, 0.5) is 26.2 Å². The summed E-state index contributed by atoms with van der Waals surface area (Å²) in [5.74, 6) is 0.546. The van der Waals surface area contributed by atoms with Gasteiger partial charge < -0.3 is 25.4 Å². The number of nitrogens with zero attached hydrogens (tertiary/aromatic N) is 3. The van der Waals surface area contributed by atoms with E-state index in [9.17, 15) is 14.4 Å². The molecule has 0 aliphatic rings. The maximum absolute atomic E-state index is 13.4. The van der Waals surface area contributed by atoms with Gasteiger partial charge in [0.2, 0.25) is 0 Å². The summed E-state index contributed by atoms with van der Waals surface area (Å²) in [6, 6.07) is 14.7. The van der Waals surface area contributed by atoms with E-state index in [-0.39, 0.29) is 11.8 Å². The molecule has 9 nitrogen and oxygen atoms in total. The molecule has 4 aromatic rings. The highest BCUT2D eigenvalue weighted by Gasteiger charge is 2.17. The molecule has 0 saturated heterocycles. The molecule has 0 bridgehead atoms. The Bertz CT molecular complexity index is 1400. The van der Waals surface area contributed by atoms with E-state index in [2.05, 4.69) is 27.1 Å². The number of amides is 2. The number of methoxy groups -OCH3 is 1. The van der Waals surface area contributed by atoms with Gasteiger partial charge >= 0.3 is 6.03 Å². The number of nitrogens with one attached hydrogen (secondary N) is 3. The summed E-state index contributed by atoms with van der Waals surface area (Å²) in [5, 5.41) is 22.7. The van der Waals surface area contributed by atoms with E-state index in [1.165, 1.54) is 18.3 Å².